The largest absolute Gasteiger partial charge is 0.381 e. The highest BCUT2D eigenvalue weighted by molar-refractivity contribution is 6.31. The number of nitrogens with one attached hydrogen (secondary N) is 2. The molecule has 2 rings (SSSR count). The Kier molecular flexibility index (Phi) is 12.8. The first-order valence-corrected chi connectivity index (χ1v) is 8.25. The van der Waals surface area contributed by atoms with Gasteiger partial charge in [-0.05, 0) is 37.0 Å². The third-order valence-electron chi connectivity index (χ3n) is 3.33. The number of aryl methyl sites for hydroxylation is 1. The highest BCUT2D eigenvalue weighted by atomic mass is 35.5. The van der Waals surface area contributed by atoms with Gasteiger partial charge in [0.1, 0.15) is 0 Å². The van der Waals surface area contributed by atoms with E-state index in [0.717, 1.165) is 24.3 Å². The number of carbonyl (C=O) groups excluding carboxylic acids is 2. The second-order valence-corrected chi connectivity index (χ2v) is 5.54. The molecule has 1 unspecified atom stereocenters. The summed E-state index contributed by atoms with van der Waals surface area (Å²) >= 11 is 5.91. The fraction of sp³-hybridized carbons (Fsp3) is 0.529. The smallest absolute Gasteiger partial charge is 0.228 e. The van der Waals surface area contributed by atoms with Crippen molar-refractivity contribution in [1.29, 1.82) is 0 Å². The fourth-order valence-corrected chi connectivity index (χ4v) is 2.08. The molecule has 2 amide bonds. The summed E-state index contributed by atoms with van der Waals surface area (Å²) in [7, 11) is 3.17. The van der Waals surface area contributed by atoms with Gasteiger partial charge in [-0.15, -0.1) is 0 Å². The highest BCUT2D eigenvalue weighted by Gasteiger charge is 2.17. The molecule has 0 aliphatic carbocycles. The van der Waals surface area contributed by atoms with Gasteiger partial charge in [-0.25, -0.2) is 0 Å². The third-order valence-corrected chi connectivity index (χ3v) is 3.75. The quantitative estimate of drug-likeness (QED) is 0.713. The Hall–Kier alpha value is -1.63. The predicted molar refractivity (Wildman–Crippen MR) is 97.2 cm³/mol. The van der Waals surface area contributed by atoms with E-state index in [2.05, 4.69) is 10.6 Å². The van der Waals surface area contributed by atoms with Crippen molar-refractivity contribution in [3.8, 4) is 0 Å². The molecule has 1 saturated heterocycles. The zero-order chi connectivity index (χ0) is 18.4. The molecule has 0 saturated carbocycles. The Labute approximate surface area is 149 Å². The second kappa shape index (κ2) is 13.8. The average molecular weight is 358 g/mol. The molecule has 0 aromatic heterocycles. The molecule has 1 atom stereocenters. The normalized spacial score (nSPS) is 13.5. The van der Waals surface area contributed by atoms with Crippen LogP contribution in [0.25, 0.3) is 0 Å². The summed E-state index contributed by atoms with van der Waals surface area (Å²) < 4.78 is 4.94. The first kappa shape index (κ1) is 22.4. The van der Waals surface area contributed by atoms with Crippen LogP contribution in [0, 0.1) is 6.92 Å². The molecule has 24 heavy (non-hydrogen) atoms. The molecule has 6 nitrogen and oxygen atoms in total. The van der Waals surface area contributed by atoms with Gasteiger partial charge in [-0.2, -0.15) is 0 Å². The van der Waals surface area contributed by atoms with Crippen LogP contribution in [0.4, 0.5) is 0 Å². The van der Waals surface area contributed by atoms with E-state index in [1.807, 2.05) is 19.1 Å². The summed E-state index contributed by atoms with van der Waals surface area (Å²) in [5.74, 6) is -0.370. The van der Waals surface area contributed by atoms with Crippen LogP contribution in [0.5, 0.6) is 0 Å². The molecule has 0 radical (unpaired) electrons. The van der Waals surface area contributed by atoms with Crippen molar-refractivity contribution in [1.82, 2.24) is 10.6 Å². The van der Waals surface area contributed by atoms with Crippen molar-refractivity contribution in [2.45, 2.75) is 25.7 Å². The molecule has 1 aliphatic rings. The average Bonchev–Trinajstić information content (AvgIpc) is 3.18. The van der Waals surface area contributed by atoms with Gasteiger partial charge in [0.25, 0.3) is 0 Å². The van der Waals surface area contributed by atoms with Crippen LogP contribution in [0.15, 0.2) is 18.2 Å². The molecule has 1 aromatic carbocycles. The number of hydrogen-bond acceptors (Lipinski definition) is 4. The number of benzene rings is 1. The lowest BCUT2D eigenvalue weighted by Gasteiger charge is -2.14. The lowest BCUT2D eigenvalue weighted by Crippen LogP contribution is -2.30. The molecular formula is C17H28ClN3O3. The SMILES string of the molecule is C1CCOC1.CNC(=O)C(CN)c1ccc(Cl)c(C)c1.CNC=O. The van der Waals surface area contributed by atoms with Crippen molar-refractivity contribution in [2.24, 2.45) is 5.73 Å². The fourth-order valence-electron chi connectivity index (χ4n) is 1.96. The number of nitrogens with two attached hydrogens (primary N) is 1. The van der Waals surface area contributed by atoms with Crippen molar-refractivity contribution in [3.63, 3.8) is 0 Å². The van der Waals surface area contributed by atoms with Gasteiger partial charge < -0.3 is 21.1 Å². The van der Waals surface area contributed by atoms with Gasteiger partial charge in [0.15, 0.2) is 0 Å². The summed E-state index contributed by atoms with van der Waals surface area (Å²) in [6, 6.07) is 5.52. The van der Waals surface area contributed by atoms with Gasteiger partial charge in [-0.3, -0.25) is 9.59 Å². The number of hydrogen-bond donors (Lipinski definition) is 3. The third kappa shape index (κ3) is 8.86. The maximum atomic E-state index is 11.5. The van der Waals surface area contributed by atoms with Crippen LogP contribution in [0.3, 0.4) is 0 Å². The standard InChI is InChI=1S/C11H15ClN2O.C4H8O.C2H5NO/c1-7-5-8(3-4-10(7)12)9(6-13)11(15)14-2;1-2-4-5-3-1;1-3-2-4/h3-5,9H,6,13H2,1-2H3,(H,14,15);1-4H2;2H,1H3,(H,3,4). The van der Waals surface area contributed by atoms with E-state index < -0.39 is 0 Å². The Morgan fingerprint density at radius 2 is 1.96 bits per heavy atom. The lowest BCUT2D eigenvalue weighted by molar-refractivity contribution is -0.121. The zero-order valence-electron chi connectivity index (χ0n) is 14.6. The van der Waals surface area contributed by atoms with E-state index in [-0.39, 0.29) is 11.8 Å². The first-order chi connectivity index (χ1) is 11.5. The predicted octanol–water partition coefficient (Wildman–Crippen LogP) is 1.60. The summed E-state index contributed by atoms with van der Waals surface area (Å²) in [6.45, 7) is 4.20. The molecule has 136 valence electrons. The maximum absolute atomic E-state index is 11.5. The molecule has 0 bridgehead atoms. The van der Waals surface area contributed by atoms with Crippen molar-refractivity contribution in [2.75, 3.05) is 33.9 Å². The van der Waals surface area contributed by atoms with Crippen LogP contribution in [-0.2, 0) is 14.3 Å². The minimum atomic E-state index is -0.300. The number of rotatable bonds is 4. The summed E-state index contributed by atoms with van der Waals surface area (Å²) in [4.78, 5) is 20.6. The second-order valence-electron chi connectivity index (χ2n) is 5.14. The topological polar surface area (TPSA) is 93.4 Å². The Morgan fingerprint density at radius 1 is 1.38 bits per heavy atom. The lowest BCUT2D eigenvalue weighted by atomic mass is 9.97. The number of carbonyl (C=O) groups is 2. The minimum absolute atomic E-state index is 0.0702. The number of halogens is 1. The van der Waals surface area contributed by atoms with Crippen molar-refractivity contribution < 1.29 is 14.3 Å². The zero-order valence-corrected chi connectivity index (χ0v) is 15.4. The monoisotopic (exact) mass is 357 g/mol. The van der Waals surface area contributed by atoms with Crippen LogP contribution in [-0.4, -0.2) is 46.2 Å². The number of likely N-dealkylation sites (N-methyl/N-ethyl adjacent to an activating group) is 1. The molecule has 4 N–H and O–H groups in total. The van der Waals surface area contributed by atoms with Gasteiger partial charge in [0.05, 0.1) is 5.92 Å². The molecular weight excluding hydrogens is 330 g/mol. The minimum Gasteiger partial charge on any atom is -0.381 e. The van der Waals surface area contributed by atoms with E-state index in [0.29, 0.717) is 18.0 Å². The first-order valence-electron chi connectivity index (χ1n) is 7.88. The molecule has 1 aliphatic heterocycles. The van der Waals surface area contributed by atoms with E-state index in [9.17, 15) is 4.79 Å². The summed E-state index contributed by atoms with van der Waals surface area (Å²) in [6.07, 6.45) is 3.18. The van der Waals surface area contributed by atoms with E-state index in [1.54, 1.807) is 20.2 Å². The van der Waals surface area contributed by atoms with Crippen molar-refractivity contribution >= 4 is 23.9 Å². The van der Waals surface area contributed by atoms with Crippen LogP contribution in [0.2, 0.25) is 5.02 Å². The Morgan fingerprint density at radius 3 is 2.29 bits per heavy atom. The summed E-state index contributed by atoms with van der Waals surface area (Å²) in [5, 5.41) is 5.55. The van der Waals surface area contributed by atoms with Gasteiger partial charge in [-0.1, -0.05) is 23.7 Å². The van der Waals surface area contributed by atoms with Crippen LogP contribution >= 0.6 is 11.6 Å². The molecule has 0 spiro atoms. The molecule has 1 heterocycles. The molecule has 1 aromatic rings. The molecule has 1 fully saturated rings. The number of ether oxygens (including phenoxy) is 1. The van der Waals surface area contributed by atoms with Crippen LogP contribution < -0.4 is 16.4 Å². The maximum Gasteiger partial charge on any atom is 0.228 e. The van der Waals surface area contributed by atoms with E-state index in [1.165, 1.54) is 12.8 Å². The molecule has 7 heteroatoms. The highest BCUT2D eigenvalue weighted by Crippen LogP contribution is 2.21. The Balaban J connectivity index is 0.000000478. The van der Waals surface area contributed by atoms with Gasteiger partial charge >= 0.3 is 0 Å². The van der Waals surface area contributed by atoms with Gasteiger partial charge in [0, 0.05) is 38.9 Å². The number of amides is 2. The van der Waals surface area contributed by atoms with E-state index >= 15 is 0 Å². The summed E-state index contributed by atoms with van der Waals surface area (Å²) in [5.41, 5.74) is 7.43. The van der Waals surface area contributed by atoms with Gasteiger partial charge in [0.2, 0.25) is 12.3 Å². The van der Waals surface area contributed by atoms with Crippen molar-refractivity contribution in [3.05, 3.63) is 34.3 Å². The van der Waals surface area contributed by atoms with E-state index in [4.69, 9.17) is 26.9 Å². The Bertz CT molecular complexity index is 486. The van der Waals surface area contributed by atoms with Crippen LogP contribution in [0.1, 0.15) is 29.9 Å².